The number of allylic oxidation sites excluding steroid dienone is 4. The molecule has 2 aliphatic carbocycles. The fourth-order valence-corrected chi connectivity index (χ4v) is 6.15. The lowest BCUT2D eigenvalue weighted by molar-refractivity contribution is -0.143. The summed E-state index contributed by atoms with van der Waals surface area (Å²) in [6.45, 7) is -0.0373. The summed E-state index contributed by atoms with van der Waals surface area (Å²) < 4.78 is 116. The highest BCUT2D eigenvalue weighted by atomic mass is 32.2. The zero-order chi connectivity index (χ0) is 27.2. The van der Waals surface area contributed by atoms with Crippen LogP contribution in [0.3, 0.4) is 0 Å². The van der Waals surface area contributed by atoms with Crippen molar-refractivity contribution in [3.8, 4) is 0 Å². The van der Waals surface area contributed by atoms with Gasteiger partial charge >= 0.3 is 0 Å². The van der Waals surface area contributed by atoms with Crippen LogP contribution in [-0.4, -0.2) is 68.3 Å². The molecule has 204 valence electrons. The third-order valence-corrected chi connectivity index (χ3v) is 8.90. The first-order valence-electron chi connectivity index (χ1n) is 12.0. The van der Waals surface area contributed by atoms with Crippen LogP contribution < -0.4 is 4.72 Å². The molecule has 1 amide bonds. The maximum absolute atomic E-state index is 16.0. The second kappa shape index (κ2) is 10.1. The fraction of sp³-hybridized carbons (Fsp3) is 0.560. The summed E-state index contributed by atoms with van der Waals surface area (Å²) in [7, 11) is -4.26. The molecule has 0 aromatic heterocycles. The number of sulfonamides is 1. The van der Waals surface area contributed by atoms with E-state index in [-0.39, 0.29) is 18.4 Å². The van der Waals surface area contributed by atoms with Crippen molar-refractivity contribution in [2.45, 2.75) is 63.0 Å². The summed E-state index contributed by atoms with van der Waals surface area (Å²) in [6.07, 6.45) is -4.94. The van der Waals surface area contributed by atoms with Gasteiger partial charge in [-0.15, -0.1) is 0 Å². The normalized spacial score (nSPS) is 33.4. The van der Waals surface area contributed by atoms with Gasteiger partial charge in [0.05, 0.1) is 23.8 Å². The van der Waals surface area contributed by atoms with Gasteiger partial charge in [-0.05, 0) is 37.3 Å². The van der Waals surface area contributed by atoms with Crippen molar-refractivity contribution < 1.29 is 39.6 Å². The van der Waals surface area contributed by atoms with Crippen LogP contribution in [0.5, 0.6) is 0 Å². The largest absolute Gasteiger partial charge is 0.331 e. The molecule has 5 nitrogen and oxygen atoms in total. The number of nitrogens with zero attached hydrogens (tertiary/aromatic N) is 1. The smallest absolute Gasteiger partial charge is 0.283 e. The van der Waals surface area contributed by atoms with E-state index in [1.54, 1.807) is 18.2 Å². The molecule has 2 fully saturated rings. The summed E-state index contributed by atoms with van der Waals surface area (Å²) in [5.41, 5.74) is -2.39. The second-order valence-electron chi connectivity index (χ2n) is 9.89. The molecule has 37 heavy (non-hydrogen) atoms. The van der Waals surface area contributed by atoms with Gasteiger partial charge in [0, 0.05) is 5.92 Å². The topological polar surface area (TPSA) is 66.5 Å². The van der Waals surface area contributed by atoms with E-state index in [0.717, 1.165) is 6.08 Å². The predicted octanol–water partition coefficient (Wildman–Crippen LogP) is 4.52. The quantitative estimate of drug-likeness (QED) is 0.484. The van der Waals surface area contributed by atoms with Crippen molar-refractivity contribution in [1.29, 1.82) is 0 Å². The molecule has 4 rings (SSSR count). The predicted molar refractivity (Wildman–Crippen MR) is 126 cm³/mol. The number of nitrogens with one attached hydrogen (secondary N) is 1. The molecule has 1 saturated heterocycles. The van der Waals surface area contributed by atoms with Crippen LogP contribution in [0, 0.1) is 11.3 Å². The minimum absolute atomic E-state index is 0.0870. The number of likely N-dealkylation sites (tertiary alicyclic amines) is 1. The molecular weight excluding hydrogens is 522 g/mol. The maximum Gasteiger partial charge on any atom is 0.283 e. The summed E-state index contributed by atoms with van der Waals surface area (Å²) >= 11 is 0. The Bertz CT molecular complexity index is 1170. The number of hydrogen-bond acceptors (Lipinski definition) is 3. The Morgan fingerprint density at radius 3 is 2.38 bits per heavy atom. The third-order valence-electron chi connectivity index (χ3n) is 7.52. The Labute approximate surface area is 211 Å². The van der Waals surface area contributed by atoms with E-state index in [0.29, 0.717) is 10.5 Å². The van der Waals surface area contributed by atoms with Crippen LogP contribution in [0.4, 0.5) is 26.3 Å². The van der Waals surface area contributed by atoms with Crippen molar-refractivity contribution >= 4 is 21.5 Å². The highest BCUT2D eigenvalue weighted by Crippen LogP contribution is 2.50. The number of hydrogen-bond donors (Lipinski definition) is 1. The molecule has 1 saturated carbocycles. The average molecular weight is 551 g/mol. The van der Waals surface area contributed by atoms with E-state index in [2.05, 4.69) is 0 Å². The van der Waals surface area contributed by atoms with Crippen LogP contribution in [0.2, 0.25) is 0 Å². The van der Waals surface area contributed by atoms with E-state index in [1.807, 2.05) is 4.72 Å². The summed E-state index contributed by atoms with van der Waals surface area (Å²) in [4.78, 5) is 13.7. The molecule has 4 atom stereocenters. The molecule has 0 bridgehead atoms. The number of benzene rings is 1. The van der Waals surface area contributed by atoms with Crippen LogP contribution in [0.15, 0.2) is 48.6 Å². The minimum atomic E-state index is -4.26. The van der Waals surface area contributed by atoms with Crippen LogP contribution in [-0.2, 0) is 14.8 Å². The van der Waals surface area contributed by atoms with Gasteiger partial charge in [-0.2, -0.15) is 0 Å². The second-order valence-corrected chi connectivity index (χ2v) is 11.9. The third kappa shape index (κ3) is 5.19. The first kappa shape index (κ1) is 27.7. The summed E-state index contributed by atoms with van der Waals surface area (Å²) in [5, 5.41) is 0. The Kier molecular flexibility index (Phi) is 7.55. The van der Waals surface area contributed by atoms with Gasteiger partial charge in [0.1, 0.15) is 18.4 Å². The fourth-order valence-electron chi connectivity index (χ4n) is 5.27. The van der Waals surface area contributed by atoms with Gasteiger partial charge < -0.3 is 4.90 Å². The Hall–Kier alpha value is -2.34. The number of carbonyl (C=O) groups is 1. The van der Waals surface area contributed by atoms with E-state index < -0.39 is 82.8 Å². The number of amides is 1. The SMILES string of the molecule is CCS(=O)(=O)N[C@@H]1[C@H](CC2(C(F)F)C=CC=C(c3ccccc3)C2F)N(C(=O)C2CC(F)C2)CC1(F)F. The first-order valence-corrected chi connectivity index (χ1v) is 13.7. The van der Waals surface area contributed by atoms with E-state index in [4.69, 9.17) is 0 Å². The number of rotatable bonds is 8. The van der Waals surface area contributed by atoms with Gasteiger partial charge in [0.25, 0.3) is 12.3 Å². The van der Waals surface area contributed by atoms with Crippen molar-refractivity contribution in [3.63, 3.8) is 0 Å². The molecule has 3 aliphatic rings. The molecule has 1 aromatic rings. The van der Waals surface area contributed by atoms with Crippen molar-refractivity contribution in [3.05, 3.63) is 54.1 Å². The Morgan fingerprint density at radius 1 is 1.16 bits per heavy atom. The van der Waals surface area contributed by atoms with Gasteiger partial charge in [-0.25, -0.2) is 39.5 Å². The lowest BCUT2D eigenvalue weighted by atomic mass is 9.70. The zero-order valence-corrected chi connectivity index (χ0v) is 20.8. The van der Waals surface area contributed by atoms with E-state index in [1.165, 1.54) is 31.2 Å². The molecule has 1 N–H and O–H groups in total. The van der Waals surface area contributed by atoms with Crippen molar-refractivity contribution in [2.75, 3.05) is 12.3 Å². The Balaban J connectivity index is 1.74. The highest BCUT2D eigenvalue weighted by molar-refractivity contribution is 7.89. The average Bonchev–Trinajstić information content (AvgIpc) is 3.07. The zero-order valence-electron chi connectivity index (χ0n) is 20.0. The molecule has 12 heteroatoms. The minimum Gasteiger partial charge on any atom is -0.331 e. The molecule has 0 radical (unpaired) electrons. The summed E-state index contributed by atoms with van der Waals surface area (Å²) in [6, 6.07) is 3.84. The van der Waals surface area contributed by atoms with E-state index in [9.17, 15) is 26.4 Å². The molecule has 1 aliphatic heterocycles. The molecule has 1 aromatic carbocycles. The molecule has 0 spiro atoms. The van der Waals surface area contributed by atoms with Gasteiger partial charge in [-0.3, -0.25) is 4.79 Å². The summed E-state index contributed by atoms with van der Waals surface area (Å²) in [5.74, 6) is -6.21. The number of alkyl halides is 6. The Morgan fingerprint density at radius 2 is 1.81 bits per heavy atom. The highest BCUT2D eigenvalue weighted by Gasteiger charge is 2.62. The first-order chi connectivity index (χ1) is 17.3. The van der Waals surface area contributed by atoms with Crippen molar-refractivity contribution in [1.82, 2.24) is 9.62 Å². The maximum atomic E-state index is 16.0. The monoisotopic (exact) mass is 550 g/mol. The lowest BCUT2D eigenvalue weighted by Crippen LogP contribution is -2.56. The van der Waals surface area contributed by atoms with E-state index >= 15 is 13.2 Å². The van der Waals surface area contributed by atoms with Gasteiger partial charge in [-0.1, -0.05) is 48.6 Å². The van der Waals surface area contributed by atoms with Gasteiger partial charge in [0.2, 0.25) is 15.9 Å². The van der Waals surface area contributed by atoms with Gasteiger partial charge in [0.15, 0.2) is 0 Å². The number of halogens is 6. The molecule has 1 heterocycles. The van der Waals surface area contributed by atoms with Crippen molar-refractivity contribution in [2.24, 2.45) is 11.3 Å². The van der Waals surface area contributed by atoms with Crippen LogP contribution >= 0.6 is 0 Å². The molecule has 2 unspecified atom stereocenters. The lowest BCUT2D eigenvalue weighted by Gasteiger charge is -2.42. The van der Waals surface area contributed by atoms with Crippen LogP contribution in [0.1, 0.15) is 31.7 Å². The number of carbonyl (C=O) groups excluding carboxylic acids is 1. The molecular formula is C25H28F6N2O3S. The van der Waals surface area contributed by atoms with Crippen LogP contribution in [0.25, 0.3) is 5.57 Å². The standard InChI is InChI=1S/C25H28F6N2O3S/c1-2-37(35,36)32-21-19(33(14-25(21,30)31)22(34)16-11-17(26)12-16)13-24(23(28)29)10-6-9-18(20(24)27)15-7-4-3-5-8-15/h3-10,16-17,19-21,23,32H,2,11-14H2,1H3/t16?,17?,19-,20?,21+,24?/m0/s1.